The fourth-order valence-electron chi connectivity index (χ4n) is 1.83. The van der Waals surface area contributed by atoms with Gasteiger partial charge in [-0.05, 0) is 32.4 Å². The first kappa shape index (κ1) is 17.8. The number of carbonyl (C=O) groups is 3. The number of carboxylic acid groups (broad SMARTS) is 1. The zero-order valence-electron chi connectivity index (χ0n) is 13.0. The first-order chi connectivity index (χ1) is 10.1. The van der Waals surface area contributed by atoms with E-state index in [4.69, 9.17) is 5.11 Å². The average molecular weight is 307 g/mol. The summed E-state index contributed by atoms with van der Waals surface area (Å²) in [5.74, 6) is -2.03. The first-order valence-electron chi connectivity index (χ1n) is 6.96. The second-order valence-electron chi connectivity index (χ2n) is 5.60. The van der Waals surface area contributed by atoms with Gasteiger partial charge in [-0.15, -0.1) is 0 Å². The van der Waals surface area contributed by atoms with Crippen LogP contribution in [0.2, 0.25) is 0 Å². The molecule has 6 heteroatoms. The highest BCUT2D eigenvalue weighted by Gasteiger charge is 2.30. The van der Waals surface area contributed by atoms with Crippen LogP contribution in [0.3, 0.4) is 0 Å². The van der Waals surface area contributed by atoms with Crippen molar-refractivity contribution in [1.82, 2.24) is 5.32 Å². The summed E-state index contributed by atoms with van der Waals surface area (Å²) < 4.78 is 0. The van der Waals surface area contributed by atoms with Gasteiger partial charge in [0.25, 0.3) is 0 Å². The van der Waals surface area contributed by atoms with Gasteiger partial charge in [-0.2, -0.15) is 0 Å². The summed E-state index contributed by atoms with van der Waals surface area (Å²) in [6.45, 7) is 4.41. The number of ketones is 1. The van der Waals surface area contributed by atoms with Crippen LogP contribution >= 0.6 is 0 Å². The summed E-state index contributed by atoms with van der Waals surface area (Å²) in [5, 5.41) is 20.5. The Bertz CT molecular complexity index is 592. The Hall–Kier alpha value is -2.21. The van der Waals surface area contributed by atoms with E-state index in [-0.39, 0.29) is 18.6 Å². The van der Waals surface area contributed by atoms with Crippen LogP contribution in [-0.2, 0) is 9.59 Å². The lowest BCUT2D eigenvalue weighted by Gasteiger charge is -2.18. The minimum atomic E-state index is -2.02. The average Bonchev–Trinajstić information content (AvgIpc) is 2.45. The molecular formula is C16H21NO5. The highest BCUT2D eigenvalue weighted by molar-refractivity contribution is 5.99. The second-order valence-corrected chi connectivity index (χ2v) is 5.60. The number of benzene rings is 1. The van der Waals surface area contributed by atoms with Gasteiger partial charge in [-0.1, -0.05) is 17.7 Å². The zero-order valence-corrected chi connectivity index (χ0v) is 13.0. The third-order valence-corrected chi connectivity index (χ3v) is 3.36. The van der Waals surface area contributed by atoms with Gasteiger partial charge in [-0.25, -0.2) is 4.79 Å². The highest BCUT2D eigenvalue weighted by Crippen LogP contribution is 2.14. The molecule has 0 aliphatic carbocycles. The van der Waals surface area contributed by atoms with Crippen LogP contribution in [0.15, 0.2) is 18.2 Å². The number of hydrogen-bond acceptors (Lipinski definition) is 4. The predicted molar refractivity (Wildman–Crippen MR) is 80.7 cm³/mol. The van der Waals surface area contributed by atoms with E-state index in [0.29, 0.717) is 5.56 Å². The van der Waals surface area contributed by atoms with Gasteiger partial charge in [0.15, 0.2) is 11.4 Å². The van der Waals surface area contributed by atoms with E-state index in [9.17, 15) is 19.5 Å². The molecule has 1 amide bonds. The molecular weight excluding hydrogens is 286 g/mol. The normalized spacial score (nSPS) is 13.3. The molecule has 1 atom stereocenters. The smallest absolute Gasteiger partial charge is 0.337 e. The van der Waals surface area contributed by atoms with Crippen molar-refractivity contribution in [1.29, 1.82) is 0 Å². The SMILES string of the molecule is Cc1ccc(C)c(C(=O)CCC(=O)NCC(C)(O)C(=O)O)c1. The van der Waals surface area contributed by atoms with E-state index in [0.717, 1.165) is 18.1 Å². The molecule has 0 radical (unpaired) electrons. The summed E-state index contributed by atoms with van der Waals surface area (Å²) in [4.78, 5) is 34.4. The van der Waals surface area contributed by atoms with Crippen LogP contribution in [0.1, 0.15) is 41.3 Å². The van der Waals surface area contributed by atoms with E-state index in [2.05, 4.69) is 5.32 Å². The van der Waals surface area contributed by atoms with Crippen molar-refractivity contribution in [2.45, 2.75) is 39.2 Å². The second kappa shape index (κ2) is 7.17. The maximum absolute atomic E-state index is 12.1. The lowest BCUT2D eigenvalue weighted by Crippen LogP contribution is -2.46. The van der Waals surface area contributed by atoms with E-state index >= 15 is 0 Å². The van der Waals surface area contributed by atoms with Crippen LogP contribution in [0.5, 0.6) is 0 Å². The van der Waals surface area contributed by atoms with Gasteiger partial charge in [-0.3, -0.25) is 9.59 Å². The zero-order chi connectivity index (χ0) is 16.9. The molecule has 0 saturated carbocycles. The molecule has 22 heavy (non-hydrogen) atoms. The van der Waals surface area contributed by atoms with Gasteiger partial charge < -0.3 is 15.5 Å². The van der Waals surface area contributed by atoms with Crippen molar-refractivity contribution in [3.05, 3.63) is 34.9 Å². The Balaban J connectivity index is 2.52. The third kappa shape index (κ3) is 4.96. The van der Waals surface area contributed by atoms with Crippen LogP contribution in [0.4, 0.5) is 0 Å². The number of aliphatic hydroxyl groups is 1. The van der Waals surface area contributed by atoms with Gasteiger partial charge >= 0.3 is 5.97 Å². The van der Waals surface area contributed by atoms with Crippen molar-refractivity contribution in [2.75, 3.05) is 6.54 Å². The topological polar surface area (TPSA) is 104 Å². The van der Waals surface area contributed by atoms with Crippen LogP contribution in [-0.4, -0.2) is 40.0 Å². The molecule has 0 bridgehead atoms. The molecule has 0 aliphatic heterocycles. The molecule has 1 rings (SSSR count). The third-order valence-electron chi connectivity index (χ3n) is 3.36. The van der Waals surface area contributed by atoms with Crippen LogP contribution in [0, 0.1) is 13.8 Å². The van der Waals surface area contributed by atoms with Gasteiger partial charge in [0.1, 0.15) is 0 Å². The number of carboxylic acids is 1. The van der Waals surface area contributed by atoms with E-state index in [1.54, 1.807) is 6.07 Å². The van der Waals surface area contributed by atoms with E-state index in [1.807, 2.05) is 26.0 Å². The quantitative estimate of drug-likeness (QED) is 0.657. The Morgan fingerprint density at radius 1 is 1.18 bits per heavy atom. The summed E-state index contributed by atoms with van der Waals surface area (Å²) in [5.41, 5.74) is 0.387. The minimum Gasteiger partial charge on any atom is -0.479 e. The Morgan fingerprint density at radius 2 is 1.82 bits per heavy atom. The lowest BCUT2D eigenvalue weighted by molar-refractivity contribution is -0.156. The number of rotatable bonds is 7. The van der Waals surface area contributed by atoms with Crippen molar-refractivity contribution in [2.24, 2.45) is 0 Å². The minimum absolute atomic E-state index is 0.0331. The molecule has 0 aliphatic rings. The predicted octanol–water partition coefficient (Wildman–Crippen LogP) is 1.22. The molecule has 3 N–H and O–H groups in total. The maximum Gasteiger partial charge on any atom is 0.337 e. The number of nitrogens with one attached hydrogen (secondary N) is 1. The van der Waals surface area contributed by atoms with Crippen LogP contribution < -0.4 is 5.32 Å². The molecule has 6 nitrogen and oxygen atoms in total. The van der Waals surface area contributed by atoms with Gasteiger partial charge in [0.2, 0.25) is 5.91 Å². The van der Waals surface area contributed by atoms with Crippen LogP contribution in [0.25, 0.3) is 0 Å². The fourth-order valence-corrected chi connectivity index (χ4v) is 1.83. The monoisotopic (exact) mass is 307 g/mol. The number of aliphatic carboxylic acids is 1. The first-order valence-corrected chi connectivity index (χ1v) is 6.96. The van der Waals surface area contributed by atoms with Crippen molar-refractivity contribution in [3.8, 4) is 0 Å². The lowest BCUT2D eigenvalue weighted by atomic mass is 9.99. The Labute approximate surface area is 129 Å². The summed E-state index contributed by atoms with van der Waals surface area (Å²) in [7, 11) is 0. The fraction of sp³-hybridized carbons (Fsp3) is 0.438. The number of Topliss-reactive ketones (excluding diaryl/α,β-unsaturated/α-hetero) is 1. The maximum atomic E-state index is 12.1. The van der Waals surface area contributed by atoms with E-state index < -0.39 is 24.0 Å². The number of hydrogen-bond donors (Lipinski definition) is 3. The van der Waals surface area contributed by atoms with E-state index in [1.165, 1.54) is 0 Å². The molecule has 1 unspecified atom stereocenters. The summed E-state index contributed by atoms with van der Waals surface area (Å²) >= 11 is 0. The summed E-state index contributed by atoms with van der Waals surface area (Å²) in [6, 6.07) is 5.55. The molecule has 1 aromatic rings. The Morgan fingerprint density at radius 3 is 2.41 bits per heavy atom. The standard InChI is InChI=1S/C16H21NO5/c1-10-4-5-11(2)12(8-10)13(18)6-7-14(19)17-9-16(3,22)15(20)21/h4-5,8,22H,6-7,9H2,1-3H3,(H,17,19)(H,20,21). The number of amides is 1. The van der Waals surface area contributed by atoms with Gasteiger partial charge in [0, 0.05) is 18.4 Å². The van der Waals surface area contributed by atoms with Crippen molar-refractivity contribution < 1.29 is 24.6 Å². The van der Waals surface area contributed by atoms with Gasteiger partial charge in [0.05, 0.1) is 6.54 Å². The van der Waals surface area contributed by atoms with Crippen molar-refractivity contribution in [3.63, 3.8) is 0 Å². The number of carbonyl (C=O) groups excluding carboxylic acids is 2. The van der Waals surface area contributed by atoms with Crippen molar-refractivity contribution >= 4 is 17.7 Å². The summed E-state index contributed by atoms with van der Waals surface area (Å²) in [6.07, 6.45) is -0.0206. The molecule has 0 heterocycles. The largest absolute Gasteiger partial charge is 0.479 e. The molecule has 0 spiro atoms. The molecule has 0 saturated heterocycles. The highest BCUT2D eigenvalue weighted by atomic mass is 16.4. The molecule has 1 aromatic carbocycles. The number of aryl methyl sites for hydroxylation is 2. The molecule has 0 fully saturated rings. The molecule has 0 aromatic heterocycles. The Kier molecular flexibility index (Phi) is 5.82. The molecule has 120 valence electrons.